The van der Waals surface area contributed by atoms with E-state index in [9.17, 15) is 4.79 Å². The molecule has 37 heavy (non-hydrogen) atoms. The zero-order valence-corrected chi connectivity index (χ0v) is 21.5. The molecule has 1 heterocycles. The third-order valence-electron chi connectivity index (χ3n) is 5.57. The number of carboxylic acids is 2. The second-order valence-electron chi connectivity index (χ2n) is 7.81. The maximum Gasteiger partial charge on any atom is 0.414 e. The van der Waals surface area contributed by atoms with Crippen LogP contribution < -0.4 is 23.7 Å². The minimum Gasteiger partial charge on any atom is -0.497 e. The summed E-state index contributed by atoms with van der Waals surface area (Å²) in [5, 5.41) is 14.8. The Labute approximate surface area is 214 Å². The number of hydrogen-bond acceptors (Lipinski definition) is 9. The van der Waals surface area contributed by atoms with Crippen LogP contribution in [0.2, 0.25) is 0 Å². The van der Waals surface area contributed by atoms with E-state index in [1.54, 1.807) is 33.5 Å². The molecule has 1 aliphatic heterocycles. The third kappa shape index (κ3) is 7.90. The molecule has 0 atom stereocenters. The summed E-state index contributed by atoms with van der Waals surface area (Å²) < 4.78 is 26.8. The fraction of sp³-hybridized carbons (Fsp3) is 0.400. The highest BCUT2D eigenvalue weighted by atomic mass is 16.5. The van der Waals surface area contributed by atoms with E-state index in [0.717, 1.165) is 36.7 Å². The van der Waals surface area contributed by atoms with Gasteiger partial charge in [0, 0.05) is 44.4 Å². The van der Waals surface area contributed by atoms with E-state index < -0.39 is 11.9 Å². The summed E-state index contributed by atoms with van der Waals surface area (Å²) in [6.45, 7) is 3.58. The molecule has 0 aliphatic carbocycles. The molecule has 202 valence electrons. The molecule has 2 N–H and O–H groups in total. The predicted octanol–water partition coefficient (Wildman–Crippen LogP) is 1.84. The number of carboxylic acid groups (broad SMARTS) is 2. The quantitative estimate of drug-likeness (QED) is 0.492. The highest BCUT2D eigenvalue weighted by molar-refractivity contribution is 6.27. The molecule has 0 aromatic heterocycles. The molecule has 12 heteroatoms. The molecule has 1 aliphatic rings. The Hall–Kier alpha value is -4.19. The van der Waals surface area contributed by atoms with E-state index in [0.29, 0.717) is 35.9 Å². The normalized spacial score (nSPS) is 13.1. The van der Waals surface area contributed by atoms with Gasteiger partial charge in [0.15, 0.2) is 11.5 Å². The van der Waals surface area contributed by atoms with E-state index >= 15 is 0 Å². The van der Waals surface area contributed by atoms with Crippen molar-refractivity contribution in [3.8, 4) is 28.7 Å². The van der Waals surface area contributed by atoms with Crippen molar-refractivity contribution in [2.24, 2.45) is 0 Å². The third-order valence-corrected chi connectivity index (χ3v) is 5.57. The van der Waals surface area contributed by atoms with Crippen molar-refractivity contribution in [3.63, 3.8) is 0 Å². The van der Waals surface area contributed by atoms with Gasteiger partial charge >= 0.3 is 11.9 Å². The summed E-state index contributed by atoms with van der Waals surface area (Å²) in [6.07, 6.45) is 0. The molecule has 0 saturated carbocycles. The Morgan fingerprint density at radius 1 is 0.703 bits per heavy atom. The molecule has 0 spiro atoms. The van der Waals surface area contributed by atoms with Crippen molar-refractivity contribution in [3.05, 3.63) is 41.5 Å². The lowest BCUT2D eigenvalue weighted by Crippen LogP contribution is -2.48. The zero-order chi connectivity index (χ0) is 27.5. The smallest absolute Gasteiger partial charge is 0.414 e. The van der Waals surface area contributed by atoms with Gasteiger partial charge in [-0.15, -0.1) is 0 Å². The first-order chi connectivity index (χ1) is 17.7. The van der Waals surface area contributed by atoms with Crippen LogP contribution in [0.4, 0.5) is 0 Å². The number of carbonyl (C=O) groups excluding carboxylic acids is 1. The molecule has 1 saturated heterocycles. The Bertz CT molecular complexity index is 1040. The monoisotopic (exact) mass is 520 g/mol. The Morgan fingerprint density at radius 2 is 1.19 bits per heavy atom. The summed E-state index contributed by atoms with van der Waals surface area (Å²) in [6, 6.07) is 9.26. The van der Waals surface area contributed by atoms with E-state index in [2.05, 4.69) is 4.90 Å². The molecule has 1 fully saturated rings. The van der Waals surface area contributed by atoms with E-state index in [4.69, 9.17) is 43.5 Å². The van der Waals surface area contributed by atoms with Gasteiger partial charge in [-0.1, -0.05) is 0 Å². The minimum absolute atomic E-state index is 0.0537. The van der Waals surface area contributed by atoms with Crippen LogP contribution in [-0.4, -0.2) is 99.6 Å². The molecule has 0 bridgehead atoms. The van der Waals surface area contributed by atoms with E-state index in [-0.39, 0.29) is 5.91 Å². The molecule has 2 aromatic carbocycles. The Morgan fingerprint density at radius 3 is 1.57 bits per heavy atom. The maximum atomic E-state index is 13.1. The first kappa shape index (κ1) is 29.0. The average Bonchev–Trinajstić information content (AvgIpc) is 2.92. The Balaban J connectivity index is 0.000000717. The lowest BCUT2D eigenvalue weighted by atomic mass is 10.1. The average molecular weight is 521 g/mol. The standard InChI is InChI=1S/C23H30N2O6.C2H2O4/c1-27-18-10-16(11-19(14-18)28-2)15-24-6-8-25(9-7-24)23(26)17-12-20(29-3)22(31-5)21(13-17)30-4;3-1(4)2(5)6/h10-14H,6-9,15H2,1-5H3;(H,3,4)(H,5,6). The lowest BCUT2D eigenvalue weighted by Gasteiger charge is -2.35. The van der Waals surface area contributed by atoms with Crippen molar-refractivity contribution >= 4 is 17.8 Å². The maximum absolute atomic E-state index is 13.1. The topological polar surface area (TPSA) is 144 Å². The number of hydrogen-bond donors (Lipinski definition) is 2. The zero-order valence-electron chi connectivity index (χ0n) is 21.5. The number of benzene rings is 2. The number of aliphatic carboxylic acids is 2. The first-order valence-electron chi connectivity index (χ1n) is 11.2. The molecular formula is C25H32N2O10. The summed E-state index contributed by atoms with van der Waals surface area (Å²) in [5.74, 6) is -0.755. The van der Waals surface area contributed by atoms with Crippen LogP contribution in [0.25, 0.3) is 0 Å². The molecule has 2 aromatic rings. The molecule has 0 radical (unpaired) electrons. The predicted molar refractivity (Wildman–Crippen MR) is 132 cm³/mol. The first-order valence-corrected chi connectivity index (χ1v) is 11.2. The summed E-state index contributed by atoms with van der Waals surface area (Å²) in [5.41, 5.74) is 1.63. The number of ether oxygens (including phenoxy) is 5. The van der Waals surface area contributed by atoms with Gasteiger partial charge in [0.25, 0.3) is 5.91 Å². The minimum atomic E-state index is -1.82. The van der Waals surface area contributed by atoms with Gasteiger partial charge in [0.1, 0.15) is 11.5 Å². The fourth-order valence-corrected chi connectivity index (χ4v) is 3.71. The highest BCUT2D eigenvalue weighted by Gasteiger charge is 2.25. The van der Waals surface area contributed by atoms with Gasteiger partial charge in [-0.25, -0.2) is 9.59 Å². The highest BCUT2D eigenvalue weighted by Crippen LogP contribution is 2.38. The molecular weight excluding hydrogens is 488 g/mol. The van der Waals surface area contributed by atoms with Crippen LogP contribution in [-0.2, 0) is 16.1 Å². The van der Waals surface area contributed by atoms with Crippen molar-refractivity contribution in [2.45, 2.75) is 6.54 Å². The van der Waals surface area contributed by atoms with Gasteiger partial charge < -0.3 is 38.8 Å². The largest absolute Gasteiger partial charge is 0.497 e. The van der Waals surface area contributed by atoms with Crippen LogP contribution in [0.1, 0.15) is 15.9 Å². The van der Waals surface area contributed by atoms with Crippen LogP contribution in [0, 0.1) is 0 Å². The second kappa shape index (κ2) is 13.8. The summed E-state index contributed by atoms with van der Waals surface area (Å²) in [4.78, 5) is 35.5. The Kier molecular flexibility index (Phi) is 10.8. The van der Waals surface area contributed by atoms with Crippen LogP contribution in [0.3, 0.4) is 0 Å². The molecule has 0 unspecified atom stereocenters. The number of amides is 1. The summed E-state index contributed by atoms with van der Waals surface area (Å²) in [7, 11) is 7.91. The van der Waals surface area contributed by atoms with Crippen molar-refractivity contribution in [2.75, 3.05) is 61.7 Å². The van der Waals surface area contributed by atoms with Gasteiger partial charge in [0.05, 0.1) is 35.5 Å². The van der Waals surface area contributed by atoms with Crippen molar-refractivity contribution in [1.82, 2.24) is 9.80 Å². The number of carbonyl (C=O) groups is 3. The van der Waals surface area contributed by atoms with Gasteiger partial charge in [-0.05, 0) is 29.8 Å². The number of nitrogens with zero attached hydrogens (tertiary/aromatic N) is 2. The number of piperazine rings is 1. The number of methoxy groups -OCH3 is 5. The SMILES string of the molecule is COc1cc(CN2CCN(C(=O)c3cc(OC)c(OC)c(OC)c3)CC2)cc(OC)c1.O=C(O)C(=O)O. The molecule has 3 rings (SSSR count). The van der Waals surface area contributed by atoms with Crippen LogP contribution in [0.5, 0.6) is 28.7 Å². The van der Waals surface area contributed by atoms with E-state index in [1.165, 1.54) is 14.2 Å². The van der Waals surface area contributed by atoms with Crippen molar-refractivity contribution in [1.29, 1.82) is 0 Å². The van der Waals surface area contributed by atoms with Crippen molar-refractivity contribution < 1.29 is 48.3 Å². The van der Waals surface area contributed by atoms with Crippen LogP contribution >= 0.6 is 0 Å². The van der Waals surface area contributed by atoms with Gasteiger partial charge in [-0.3, -0.25) is 9.69 Å². The molecule has 12 nitrogen and oxygen atoms in total. The van der Waals surface area contributed by atoms with Gasteiger partial charge in [0.2, 0.25) is 5.75 Å². The fourth-order valence-electron chi connectivity index (χ4n) is 3.71. The lowest BCUT2D eigenvalue weighted by molar-refractivity contribution is -0.159. The second-order valence-corrected chi connectivity index (χ2v) is 7.81. The van der Waals surface area contributed by atoms with Crippen LogP contribution in [0.15, 0.2) is 30.3 Å². The van der Waals surface area contributed by atoms with E-state index in [1.807, 2.05) is 23.1 Å². The molecule has 1 amide bonds. The van der Waals surface area contributed by atoms with Gasteiger partial charge in [-0.2, -0.15) is 0 Å². The number of rotatable bonds is 8. The summed E-state index contributed by atoms with van der Waals surface area (Å²) >= 11 is 0.